The van der Waals surface area contributed by atoms with Crippen molar-refractivity contribution in [3.05, 3.63) is 35.6 Å². The zero-order valence-electron chi connectivity index (χ0n) is 8.25. The van der Waals surface area contributed by atoms with Gasteiger partial charge in [-0.15, -0.1) is 0 Å². The first-order valence-electron chi connectivity index (χ1n) is 5.28. The quantitative estimate of drug-likeness (QED) is 0.767. The van der Waals surface area contributed by atoms with Crippen LogP contribution in [-0.4, -0.2) is 0 Å². The predicted molar refractivity (Wildman–Crippen MR) is 55.3 cm³/mol. The molecule has 0 spiro atoms. The molecule has 0 heterocycles. The van der Waals surface area contributed by atoms with Crippen LogP contribution in [0.5, 0.6) is 0 Å². The summed E-state index contributed by atoms with van der Waals surface area (Å²) in [5.41, 5.74) is 7.04. The molecule has 1 saturated carbocycles. The molecule has 2 heteroatoms. The van der Waals surface area contributed by atoms with Gasteiger partial charge in [-0.25, -0.2) is 4.39 Å². The molecule has 1 nitrogen and oxygen atoms in total. The molecule has 1 aromatic rings. The summed E-state index contributed by atoms with van der Waals surface area (Å²) in [6, 6.07) is 6.70. The minimum Gasteiger partial charge on any atom is -0.324 e. The Morgan fingerprint density at radius 1 is 1.29 bits per heavy atom. The monoisotopic (exact) mass is 193 g/mol. The Morgan fingerprint density at radius 2 is 2.00 bits per heavy atom. The van der Waals surface area contributed by atoms with Gasteiger partial charge in [0.2, 0.25) is 0 Å². The van der Waals surface area contributed by atoms with E-state index in [0.717, 1.165) is 5.56 Å². The van der Waals surface area contributed by atoms with Crippen molar-refractivity contribution < 1.29 is 4.39 Å². The predicted octanol–water partition coefficient (Wildman–Crippen LogP) is 3.02. The summed E-state index contributed by atoms with van der Waals surface area (Å²) in [6.07, 6.45) is 4.93. The molecule has 1 aliphatic carbocycles. The lowest BCUT2D eigenvalue weighted by molar-refractivity contribution is 0.443. The van der Waals surface area contributed by atoms with E-state index in [1.165, 1.54) is 31.7 Å². The first kappa shape index (κ1) is 9.66. The maximum Gasteiger partial charge on any atom is 0.123 e. The van der Waals surface area contributed by atoms with Gasteiger partial charge in [-0.3, -0.25) is 0 Å². The number of benzene rings is 1. The lowest BCUT2D eigenvalue weighted by Gasteiger charge is -2.18. The SMILES string of the molecule is N[C@@H](c1cccc(F)c1)C1CCCC1. The third-order valence-corrected chi connectivity index (χ3v) is 3.14. The number of halogens is 1. The summed E-state index contributed by atoms with van der Waals surface area (Å²) in [5.74, 6) is 0.368. The number of hydrogen-bond donors (Lipinski definition) is 1. The van der Waals surface area contributed by atoms with Crippen LogP contribution in [0.15, 0.2) is 24.3 Å². The van der Waals surface area contributed by atoms with E-state index in [9.17, 15) is 4.39 Å². The first-order chi connectivity index (χ1) is 6.77. The van der Waals surface area contributed by atoms with E-state index in [2.05, 4.69) is 0 Å². The second-order valence-electron chi connectivity index (χ2n) is 4.13. The number of nitrogens with two attached hydrogens (primary N) is 1. The van der Waals surface area contributed by atoms with Gasteiger partial charge in [0, 0.05) is 6.04 Å². The highest BCUT2D eigenvalue weighted by Crippen LogP contribution is 2.34. The Labute approximate surface area is 84.1 Å². The topological polar surface area (TPSA) is 26.0 Å². The van der Waals surface area contributed by atoms with Gasteiger partial charge in [0.15, 0.2) is 0 Å². The third kappa shape index (κ3) is 1.95. The maximum absolute atomic E-state index is 13.0. The Kier molecular flexibility index (Phi) is 2.82. The molecule has 0 aromatic heterocycles. The molecule has 14 heavy (non-hydrogen) atoms. The largest absolute Gasteiger partial charge is 0.324 e. The standard InChI is InChI=1S/C12H16FN/c13-11-7-3-6-10(8-11)12(14)9-4-1-2-5-9/h3,6-9,12H,1-2,4-5,14H2/t12-/m1/s1. The average molecular weight is 193 g/mol. The van der Waals surface area contributed by atoms with E-state index in [1.807, 2.05) is 6.07 Å². The molecule has 1 fully saturated rings. The molecular weight excluding hydrogens is 177 g/mol. The number of rotatable bonds is 2. The van der Waals surface area contributed by atoms with Crippen molar-refractivity contribution >= 4 is 0 Å². The fourth-order valence-electron chi connectivity index (χ4n) is 2.30. The van der Waals surface area contributed by atoms with Crippen LogP contribution < -0.4 is 5.73 Å². The van der Waals surface area contributed by atoms with Crippen LogP contribution >= 0.6 is 0 Å². The van der Waals surface area contributed by atoms with E-state index in [-0.39, 0.29) is 11.9 Å². The fraction of sp³-hybridized carbons (Fsp3) is 0.500. The smallest absolute Gasteiger partial charge is 0.123 e. The molecule has 1 atom stereocenters. The van der Waals surface area contributed by atoms with Crippen molar-refractivity contribution in [3.63, 3.8) is 0 Å². The van der Waals surface area contributed by atoms with Crippen LogP contribution in [-0.2, 0) is 0 Å². The molecule has 2 rings (SSSR count). The van der Waals surface area contributed by atoms with Crippen LogP contribution in [0.25, 0.3) is 0 Å². The second-order valence-corrected chi connectivity index (χ2v) is 4.13. The molecule has 0 amide bonds. The maximum atomic E-state index is 13.0. The van der Waals surface area contributed by atoms with Crippen molar-refractivity contribution in [2.24, 2.45) is 11.7 Å². The summed E-state index contributed by atoms with van der Waals surface area (Å²) in [4.78, 5) is 0. The lowest BCUT2D eigenvalue weighted by Crippen LogP contribution is -2.19. The molecule has 1 aliphatic rings. The normalized spacial score (nSPS) is 19.9. The van der Waals surface area contributed by atoms with Crippen molar-refractivity contribution in [2.75, 3.05) is 0 Å². The lowest BCUT2D eigenvalue weighted by atomic mass is 9.92. The van der Waals surface area contributed by atoms with Crippen molar-refractivity contribution in [2.45, 2.75) is 31.7 Å². The van der Waals surface area contributed by atoms with Crippen molar-refractivity contribution in [1.82, 2.24) is 0 Å². The molecule has 76 valence electrons. The first-order valence-corrected chi connectivity index (χ1v) is 5.28. The van der Waals surface area contributed by atoms with Gasteiger partial charge in [-0.2, -0.15) is 0 Å². The van der Waals surface area contributed by atoms with Crippen LogP contribution in [0.4, 0.5) is 4.39 Å². The summed E-state index contributed by atoms with van der Waals surface area (Å²) < 4.78 is 13.0. The molecule has 0 radical (unpaired) electrons. The molecule has 0 bridgehead atoms. The Bertz CT molecular complexity index is 305. The van der Waals surface area contributed by atoms with Gasteiger partial charge < -0.3 is 5.73 Å². The van der Waals surface area contributed by atoms with Crippen molar-refractivity contribution in [3.8, 4) is 0 Å². The van der Waals surface area contributed by atoms with Crippen molar-refractivity contribution in [1.29, 1.82) is 0 Å². The highest BCUT2D eigenvalue weighted by Gasteiger charge is 2.23. The van der Waals surface area contributed by atoms with Crippen LogP contribution in [0.1, 0.15) is 37.3 Å². The zero-order chi connectivity index (χ0) is 9.97. The minimum atomic E-state index is -0.184. The molecule has 0 unspecified atom stereocenters. The molecule has 2 N–H and O–H groups in total. The van der Waals surface area contributed by atoms with Gasteiger partial charge >= 0.3 is 0 Å². The molecule has 0 aliphatic heterocycles. The second kappa shape index (κ2) is 4.09. The van der Waals surface area contributed by atoms with E-state index in [4.69, 9.17) is 5.73 Å². The Hall–Kier alpha value is -0.890. The number of hydrogen-bond acceptors (Lipinski definition) is 1. The van der Waals surface area contributed by atoms with Gasteiger partial charge in [0.25, 0.3) is 0 Å². The summed E-state index contributed by atoms with van der Waals surface area (Å²) >= 11 is 0. The highest BCUT2D eigenvalue weighted by atomic mass is 19.1. The van der Waals surface area contributed by atoms with Crippen LogP contribution in [0.3, 0.4) is 0 Å². The van der Waals surface area contributed by atoms with Gasteiger partial charge in [0.1, 0.15) is 5.82 Å². The zero-order valence-corrected chi connectivity index (χ0v) is 8.25. The molecular formula is C12H16FN. The minimum absolute atomic E-state index is 0.0215. The summed E-state index contributed by atoms with van der Waals surface area (Å²) in [6.45, 7) is 0. The third-order valence-electron chi connectivity index (χ3n) is 3.14. The van der Waals surface area contributed by atoms with E-state index in [0.29, 0.717) is 5.92 Å². The van der Waals surface area contributed by atoms with Gasteiger partial charge in [-0.1, -0.05) is 25.0 Å². The Morgan fingerprint density at radius 3 is 2.64 bits per heavy atom. The fourth-order valence-corrected chi connectivity index (χ4v) is 2.30. The van der Waals surface area contributed by atoms with E-state index in [1.54, 1.807) is 12.1 Å². The molecule has 1 aromatic carbocycles. The summed E-state index contributed by atoms with van der Waals surface area (Å²) in [7, 11) is 0. The average Bonchev–Trinajstić information content (AvgIpc) is 2.69. The van der Waals surface area contributed by atoms with E-state index >= 15 is 0 Å². The Balaban J connectivity index is 2.13. The van der Waals surface area contributed by atoms with Gasteiger partial charge in [-0.05, 0) is 36.5 Å². The highest BCUT2D eigenvalue weighted by molar-refractivity contribution is 5.20. The van der Waals surface area contributed by atoms with Gasteiger partial charge in [0.05, 0.1) is 0 Å². The van der Waals surface area contributed by atoms with Crippen LogP contribution in [0.2, 0.25) is 0 Å². The van der Waals surface area contributed by atoms with Crippen LogP contribution in [0, 0.1) is 11.7 Å². The summed E-state index contributed by atoms with van der Waals surface area (Å²) in [5, 5.41) is 0. The van der Waals surface area contributed by atoms with E-state index < -0.39 is 0 Å². The molecule has 0 saturated heterocycles.